The molecule has 1 aliphatic rings. The number of nitrogens with zero attached hydrogens (tertiary/aromatic N) is 1. The SMILES string of the molecule is COC(=O)[C@@H]1C[C@@H](C)C=N1. The lowest BCUT2D eigenvalue weighted by Gasteiger charge is -2.03. The number of carbonyl (C=O) groups is 1. The molecular formula is C7H11NO2. The summed E-state index contributed by atoms with van der Waals surface area (Å²) in [4.78, 5) is 14.8. The summed E-state index contributed by atoms with van der Waals surface area (Å²) in [6.45, 7) is 2.03. The fraction of sp³-hybridized carbons (Fsp3) is 0.714. The number of methoxy groups -OCH3 is 1. The quantitative estimate of drug-likeness (QED) is 0.502. The number of hydrogen-bond acceptors (Lipinski definition) is 3. The molecule has 0 radical (unpaired) electrons. The molecule has 0 fully saturated rings. The maximum atomic E-state index is 10.8. The Morgan fingerprint density at radius 3 is 2.90 bits per heavy atom. The lowest BCUT2D eigenvalue weighted by atomic mass is 10.1. The summed E-state index contributed by atoms with van der Waals surface area (Å²) < 4.78 is 4.53. The number of rotatable bonds is 1. The number of carbonyl (C=O) groups excluding carboxylic acids is 1. The van der Waals surface area contributed by atoms with Gasteiger partial charge in [-0.15, -0.1) is 0 Å². The van der Waals surface area contributed by atoms with E-state index in [1.165, 1.54) is 7.11 Å². The number of esters is 1. The molecule has 3 heteroatoms. The van der Waals surface area contributed by atoms with Gasteiger partial charge in [-0.3, -0.25) is 4.99 Å². The summed E-state index contributed by atoms with van der Waals surface area (Å²) in [6, 6.07) is -0.236. The molecule has 0 aromatic heterocycles. The second kappa shape index (κ2) is 2.82. The maximum absolute atomic E-state index is 10.8. The third-order valence-corrected chi connectivity index (χ3v) is 1.59. The topological polar surface area (TPSA) is 38.7 Å². The van der Waals surface area contributed by atoms with Gasteiger partial charge in [-0.1, -0.05) is 6.92 Å². The van der Waals surface area contributed by atoms with Crippen LogP contribution in [0.4, 0.5) is 0 Å². The van der Waals surface area contributed by atoms with E-state index in [2.05, 4.69) is 9.73 Å². The number of ether oxygens (including phenoxy) is 1. The molecule has 1 aliphatic heterocycles. The van der Waals surface area contributed by atoms with Crippen LogP contribution in [0.5, 0.6) is 0 Å². The molecule has 0 bridgehead atoms. The van der Waals surface area contributed by atoms with Gasteiger partial charge in [0.2, 0.25) is 0 Å². The van der Waals surface area contributed by atoms with Gasteiger partial charge in [-0.2, -0.15) is 0 Å². The average molecular weight is 141 g/mol. The monoisotopic (exact) mass is 141 g/mol. The van der Waals surface area contributed by atoms with Gasteiger partial charge >= 0.3 is 5.97 Å². The largest absolute Gasteiger partial charge is 0.467 e. The Morgan fingerprint density at radius 1 is 1.80 bits per heavy atom. The van der Waals surface area contributed by atoms with Crippen molar-refractivity contribution in [3.63, 3.8) is 0 Å². The second-order valence-corrected chi connectivity index (χ2v) is 2.55. The minimum absolute atomic E-state index is 0.222. The highest BCUT2D eigenvalue weighted by Crippen LogP contribution is 2.14. The van der Waals surface area contributed by atoms with E-state index in [4.69, 9.17) is 0 Å². The van der Waals surface area contributed by atoms with Gasteiger partial charge in [0.25, 0.3) is 0 Å². The van der Waals surface area contributed by atoms with Crippen molar-refractivity contribution >= 4 is 12.2 Å². The summed E-state index contributed by atoms with van der Waals surface area (Å²) in [5, 5.41) is 0. The second-order valence-electron chi connectivity index (χ2n) is 2.55. The molecule has 2 atom stereocenters. The Morgan fingerprint density at radius 2 is 2.50 bits per heavy atom. The predicted octanol–water partition coefficient (Wildman–Crippen LogP) is 0.639. The summed E-state index contributed by atoms with van der Waals surface area (Å²) in [7, 11) is 1.39. The highest BCUT2D eigenvalue weighted by molar-refractivity contribution is 5.81. The molecule has 10 heavy (non-hydrogen) atoms. The van der Waals surface area contributed by atoms with Crippen molar-refractivity contribution in [2.24, 2.45) is 10.9 Å². The molecule has 0 spiro atoms. The number of hydrogen-bond donors (Lipinski definition) is 0. The standard InChI is InChI=1S/C7H11NO2/c1-5-3-6(8-4-5)7(9)10-2/h4-6H,3H2,1-2H3/t5-,6+/m1/s1. The van der Waals surface area contributed by atoms with Gasteiger partial charge < -0.3 is 4.74 Å². The van der Waals surface area contributed by atoms with Gasteiger partial charge in [-0.05, 0) is 12.3 Å². The minimum atomic E-state index is -0.236. The van der Waals surface area contributed by atoms with E-state index in [0.717, 1.165) is 6.42 Å². The van der Waals surface area contributed by atoms with Crippen LogP contribution in [0.25, 0.3) is 0 Å². The van der Waals surface area contributed by atoms with Crippen LogP contribution in [-0.2, 0) is 9.53 Å². The molecule has 0 aliphatic carbocycles. The van der Waals surface area contributed by atoms with E-state index in [1.54, 1.807) is 0 Å². The minimum Gasteiger partial charge on any atom is -0.467 e. The van der Waals surface area contributed by atoms with Gasteiger partial charge in [-0.25, -0.2) is 4.79 Å². The predicted molar refractivity (Wildman–Crippen MR) is 38.1 cm³/mol. The van der Waals surface area contributed by atoms with Crippen molar-refractivity contribution in [2.75, 3.05) is 7.11 Å². The first-order valence-electron chi connectivity index (χ1n) is 3.35. The molecule has 0 unspecified atom stereocenters. The van der Waals surface area contributed by atoms with Crippen LogP contribution >= 0.6 is 0 Å². The van der Waals surface area contributed by atoms with E-state index in [9.17, 15) is 4.79 Å². The van der Waals surface area contributed by atoms with E-state index in [0.29, 0.717) is 5.92 Å². The first-order chi connectivity index (χ1) is 4.74. The van der Waals surface area contributed by atoms with Crippen LogP contribution < -0.4 is 0 Å². The average Bonchev–Trinajstić information content (AvgIpc) is 2.34. The van der Waals surface area contributed by atoms with E-state index < -0.39 is 0 Å². The molecule has 1 heterocycles. The molecule has 0 N–H and O–H groups in total. The highest BCUT2D eigenvalue weighted by Gasteiger charge is 2.23. The zero-order chi connectivity index (χ0) is 7.56. The fourth-order valence-electron chi connectivity index (χ4n) is 1.02. The summed E-state index contributed by atoms with van der Waals surface area (Å²) in [5.74, 6) is 0.199. The third-order valence-electron chi connectivity index (χ3n) is 1.59. The molecule has 56 valence electrons. The van der Waals surface area contributed by atoms with Crippen LogP contribution in [0.15, 0.2) is 4.99 Å². The lowest BCUT2D eigenvalue weighted by molar-refractivity contribution is -0.142. The van der Waals surface area contributed by atoms with Crippen molar-refractivity contribution in [2.45, 2.75) is 19.4 Å². The first-order valence-corrected chi connectivity index (χ1v) is 3.35. The zero-order valence-corrected chi connectivity index (χ0v) is 6.20. The first kappa shape index (κ1) is 7.25. The Kier molecular flexibility index (Phi) is 2.04. The van der Waals surface area contributed by atoms with Gasteiger partial charge in [0.1, 0.15) is 6.04 Å². The summed E-state index contributed by atoms with van der Waals surface area (Å²) in [5.41, 5.74) is 0. The van der Waals surface area contributed by atoms with Crippen molar-refractivity contribution in [3.8, 4) is 0 Å². The molecule has 1 rings (SSSR count). The van der Waals surface area contributed by atoms with Gasteiger partial charge in [0, 0.05) is 6.21 Å². The normalized spacial score (nSPS) is 30.6. The molecule has 0 saturated carbocycles. The Labute approximate surface area is 60.1 Å². The Balaban J connectivity index is 2.46. The molecule has 0 saturated heterocycles. The van der Waals surface area contributed by atoms with Crippen LogP contribution in [0, 0.1) is 5.92 Å². The van der Waals surface area contributed by atoms with Crippen molar-refractivity contribution < 1.29 is 9.53 Å². The van der Waals surface area contributed by atoms with E-state index in [-0.39, 0.29) is 12.0 Å². The summed E-state index contributed by atoms with van der Waals surface area (Å²) >= 11 is 0. The van der Waals surface area contributed by atoms with Crippen molar-refractivity contribution in [1.82, 2.24) is 0 Å². The zero-order valence-electron chi connectivity index (χ0n) is 6.20. The summed E-state index contributed by atoms with van der Waals surface area (Å²) in [6.07, 6.45) is 2.61. The third kappa shape index (κ3) is 1.35. The van der Waals surface area contributed by atoms with Crippen molar-refractivity contribution in [1.29, 1.82) is 0 Å². The lowest BCUT2D eigenvalue weighted by Crippen LogP contribution is -2.18. The van der Waals surface area contributed by atoms with Crippen LogP contribution in [0.3, 0.4) is 0 Å². The van der Waals surface area contributed by atoms with E-state index in [1.807, 2.05) is 13.1 Å². The van der Waals surface area contributed by atoms with E-state index >= 15 is 0 Å². The van der Waals surface area contributed by atoms with Gasteiger partial charge in [0.05, 0.1) is 7.11 Å². The van der Waals surface area contributed by atoms with Crippen LogP contribution in [-0.4, -0.2) is 25.3 Å². The fourth-order valence-corrected chi connectivity index (χ4v) is 1.02. The maximum Gasteiger partial charge on any atom is 0.330 e. The van der Waals surface area contributed by atoms with Crippen LogP contribution in [0.2, 0.25) is 0 Å². The highest BCUT2D eigenvalue weighted by atomic mass is 16.5. The molecular weight excluding hydrogens is 130 g/mol. The molecule has 0 aromatic rings. The molecule has 0 aromatic carbocycles. The molecule has 3 nitrogen and oxygen atoms in total. The Bertz CT molecular complexity index is 165. The molecule has 0 amide bonds. The van der Waals surface area contributed by atoms with Gasteiger partial charge in [0.15, 0.2) is 0 Å². The number of aliphatic imine (C=N–C) groups is 1. The van der Waals surface area contributed by atoms with Crippen LogP contribution in [0.1, 0.15) is 13.3 Å². The smallest absolute Gasteiger partial charge is 0.330 e. The van der Waals surface area contributed by atoms with Crippen molar-refractivity contribution in [3.05, 3.63) is 0 Å². The Hall–Kier alpha value is -0.860.